The van der Waals surface area contributed by atoms with Crippen LogP contribution in [0.3, 0.4) is 0 Å². The zero-order chi connectivity index (χ0) is 15.4. The van der Waals surface area contributed by atoms with Crippen molar-refractivity contribution in [3.8, 4) is 0 Å². The molecular weight excluding hydrogens is 266 g/mol. The number of nitrogens with zero attached hydrogens (tertiary/aromatic N) is 1. The molecule has 0 saturated carbocycles. The summed E-state index contributed by atoms with van der Waals surface area (Å²) in [6, 6.07) is 8.89. The fraction of sp³-hybridized carbons (Fsp3) is 0.500. The quantitative estimate of drug-likeness (QED) is 0.870. The molecule has 1 saturated heterocycles. The van der Waals surface area contributed by atoms with Crippen LogP contribution in [-0.2, 0) is 9.59 Å². The summed E-state index contributed by atoms with van der Waals surface area (Å²) in [7, 11) is 1.60. The molecule has 1 heterocycles. The number of carbonyl (C=O) groups is 2. The third kappa shape index (κ3) is 3.24. The maximum atomic E-state index is 12.7. The molecule has 0 aromatic heterocycles. The average molecular weight is 289 g/mol. The van der Waals surface area contributed by atoms with E-state index in [1.807, 2.05) is 37.3 Å². The lowest BCUT2D eigenvalue weighted by molar-refractivity contribution is -0.141. The number of likely N-dealkylation sites (N-methyl/N-ethyl adjacent to an activating group) is 1. The molecule has 1 aliphatic rings. The fourth-order valence-electron chi connectivity index (χ4n) is 2.85. The number of nitrogens with two attached hydrogens (primary N) is 1. The molecule has 1 aromatic rings. The molecule has 0 spiro atoms. The van der Waals surface area contributed by atoms with E-state index in [1.54, 1.807) is 11.9 Å². The molecule has 3 unspecified atom stereocenters. The predicted molar refractivity (Wildman–Crippen MR) is 81.3 cm³/mol. The highest BCUT2D eigenvalue weighted by Gasteiger charge is 2.37. The van der Waals surface area contributed by atoms with E-state index < -0.39 is 0 Å². The van der Waals surface area contributed by atoms with Gasteiger partial charge in [0.25, 0.3) is 0 Å². The first-order chi connectivity index (χ1) is 10.1. The van der Waals surface area contributed by atoms with Gasteiger partial charge < -0.3 is 16.0 Å². The number of likely N-dealkylation sites (tertiary alicyclic amines) is 1. The predicted octanol–water partition coefficient (Wildman–Crippen LogP) is 1.06. The monoisotopic (exact) mass is 289 g/mol. The van der Waals surface area contributed by atoms with Crippen LogP contribution >= 0.6 is 0 Å². The summed E-state index contributed by atoms with van der Waals surface area (Å²) in [4.78, 5) is 26.2. The topological polar surface area (TPSA) is 75.4 Å². The van der Waals surface area contributed by atoms with Gasteiger partial charge in [-0.1, -0.05) is 37.3 Å². The van der Waals surface area contributed by atoms with Crippen LogP contribution in [-0.4, -0.2) is 36.3 Å². The van der Waals surface area contributed by atoms with E-state index >= 15 is 0 Å². The first-order valence-electron chi connectivity index (χ1n) is 7.39. The lowest BCUT2D eigenvalue weighted by atomic mass is 9.94. The van der Waals surface area contributed by atoms with Crippen molar-refractivity contribution < 1.29 is 9.59 Å². The number of benzene rings is 1. The molecule has 21 heavy (non-hydrogen) atoms. The Morgan fingerprint density at radius 1 is 1.33 bits per heavy atom. The van der Waals surface area contributed by atoms with Crippen LogP contribution in [0.2, 0.25) is 0 Å². The van der Waals surface area contributed by atoms with Gasteiger partial charge in [-0.15, -0.1) is 0 Å². The van der Waals surface area contributed by atoms with E-state index in [4.69, 9.17) is 5.73 Å². The van der Waals surface area contributed by atoms with E-state index in [0.29, 0.717) is 6.54 Å². The summed E-state index contributed by atoms with van der Waals surface area (Å²) in [5.41, 5.74) is 7.15. The van der Waals surface area contributed by atoms with Crippen molar-refractivity contribution in [2.24, 2.45) is 11.7 Å². The molecule has 5 nitrogen and oxygen atoms in total. The molecule has 2 amide bonds. The minimum Gasteiger partial charge on any atom is -0.357 e. The van der Waals surface area contributed by atoms with Crippen molar-refractivity contribution >= 4 is 11.8 Å². The van der Waals surface area contributed by atoms with Gasteiger partial charge in [-0.3, -0.25) is 9.59 Å². The lowest BCUT2D eigenvalue weighted by Gasteiger charge is -2.29. The Kier molecular flexibility index (Phi) is 4.96. The molecule has 0 bridgehead atoms. The standard InChI is InChI=1S/C16H23N3O2/c1-11(14(17)12-7-4-3-5-8-12)16(21)19-10-6-9-13(19)15(20)18-2/h3-5,7-8,11,13-14H,6,9-10,17H2,1-2H3,(H,18,20). The van der Waals surface area contributed by atoms with Gasteiger partial charge in [0.05, 0.1) is 5.92 Å². The summed E-state index contributed by atoms with van der Waals surface area (Å²) in [6.45, 7) is 2.46. The number of hydrogen-bond donors (Lipinski definition) is 2. The van der Waals surface area contributed by atoms with Gasteiger partial charge in [-0.05, 0) is 18.4 Å². The van der Waals surface area contributed by atoms with Crippen LogP contribution in [0.5, 0.6) is 0 Å². The van der Waals surface area contributed by atoms with Crippen LogP contribution in [0, 0.1) is 5.92 Å². The van der Waals surface area contributed by atoms with Crippen LogP contribution in [0.15, 0.2) is 30.3 Å². The van der Waals surface area contributed by atoms with E-state index in [1.165, 1.54) is 0 Å². The molecule has 114 valence electrons. The fourth-order valence-corrected chi connectivity index (χ4v) is 2.85. The molecule has 0 radical (unpaired) electrons. The largest absolute Gasteiger partial charge is 0.357 e. The minimum absolute atomic E-state index is 0.0440. The second kappa shape index (κ2) is 6.72. The van der Waals surface area contributed by atoms with Gasteiger partial charge in [0.1, 0.15) is 6.04 Å². The molecule has 3 atom stereocenters. The Labute approximate surface area is 125 Å². The van der Waals surface area contributed by atoms with Crippen molar-refractivity contribution in [1.82, 2.24) is 10.2 Å². The Bertz CT molecular complexity index is 504. The van der Waals surface area contributed by atoms with Crippen molar-refractivity contribution in [3.05, 3.63) is 35.9 Å². The first kappa shape index (κ1) is 15.5. The SMILES string of the molecule is CNC(=O)C1CCCN1C(=O)C(C)C(N)c1ccccc1. The highest BCUT2D eigenvalue weighted by molar-refractivity contribution is 5.89. The molecule has 1 aromatic carbocycles. The number of amides is 2. The molecule has 2 rings (SSSR count). The van der Waals surface area contributed by atoms with Gasteiger partial charge in [-0.25, -0.2) is 0 Å². The number of nitrogens with one attached hydrogen (secondary N) is 1. The van der Waals surface area contributed by atoms with Crippen LogP contribution in [0.25, 0.3) is 0 Å². The second-order valence-corrected chi connectivity index (χ2v) is 5.53. The molecule has 0 aliphatic carbocycles. The second-order valence-electron chi connectivity index (χ2n) is 5.53. The highest BCUT2D eigenvalue weighted by atomic mass is 16.2. The van der Waals surface area contributed by atoms with Gasteiger partial charge >= 0.3 is 0 Å². The van der Waals surface area contributed by atoms with E-state index in [9.17, 15) is 9.59 Å². The van der Waals surface area contributed by atoms with Crippen molar-refractivity contribution in [1.29, 1.82) is 0 Å². The Balaban J connectivity index is 2.10. The van der Waals surface area contributed by atoms with E-state index in [-0.39, 0.29) is 29.8 Å². The van der Waals surface area contributed by atoms with Crippen LogP contribution < -0.4 is 11.1 Å². The molecule has 1 fully saturated rings. The van der Waals surface area contributed by atoms with Gasteiger partial charge in [-0.2, -0.15) is 0 Å². The maximum absolute atomic E-state index is 12.7. The first-order valence-corrected chi connectivity index (χ1v) is 7.39. The van der Waals surface area contributed by atoms with Gasteiger partial charge in [0.15, 0.2) is 0 Å². The molecule has 5 heteroatoms. The van der Waals surface area contributed by atoms with Gasteiger partial charge in [0.2, 0.25) is 11.8 Å². The van der Waals surface area contributed by atoms with Crippen LogP contribution in [0.4, 0.5) is 0 Å². The summed E-state index contributed by atoms with van der Waals surface area (Å²) in [6.07, 6.45) is 1.58. The van der Waals surface area contributed by atoms with E-state index in [0.717, 1.165) is 18.4 Å². The number of rotatable bonds is 4. The van der Waals surface area contributed by atoms with Crippen LogP contribution in [0.1, 0.15) is 31.4 Å². The smallest absolute Gasteiger partial charge is 0.242 e. The summed E-state index contributed by atoms with van der Waals surface area (Å²) in [5.74, 6) is -0.489. The average Bonchev–Trinajstić information content (AvgIpc) is 3.02. The van der Waals surface area contributed by atoms with E-state index in [2.05, 4.69) is 5.32 Å². The summed E-state index contributed by atoms with van der Waals surface area (Å²) in [5, 5.41) is 2.63. The lowest BCUT2D eigenvalue weighted by Crippen LogP contribution is -2.48. The third-order valence-corrected chi connectivity index (χ3v) is 4.20. The number of carbonyl (C=O) groups excluding carboxylic acids is 2. The Hall–Kier alpha value is -1.88. The zero-order valence-electron chi connectivity index (χ0n) is 12.6. The third-order valence-electron chi connectivity index (χ3n) is 4.20. The Morgan fingerprint density at radius 3 is 2.62 bits per heavy atom. The van der Waals surface area contributed by atoms with Crippen molar-refractivity contribution in [2.75, 3.05) is 13.6 Å². The highest BCUT2D eigenvalue weighted by Crippen LogP contribution is 2.25. The maximum Gasteiger partial charge on any atom is 0.242 e. The Morgan fingerprint density at radius 2 is 2.00 bits per heavy atom. The molecule has 1 aliphatic heterocycles. The zero-order valence-corrected chi connectivity index (χ0v) is 12.6. The minimum atomic E-state index is -0.357. The normalized spacial score (nSPS) is 20.9. The molecular formula is C16H23N3O2. The van der Waals surface area contributed by atoms with Crippen molar-refractivity contribution in [2.45, 2.75) is 31.8 Å². The molecule has 3 N–H and O–H groups in total. The summed E-state index contributed by atoms with van der Waals surface area (Å²) >= 11 is 0. The number of hydrogen-bond acceptors (Lipinski definition) is 3. The summed E-state index contributed by atoms with van der Waals surface area (Å²) < 4.78 is 0. The van der Waals surface area contributed by atoms with Gasteiger partial charge in [0, 0.05) is 19.6 Å². The van der Waals surface area contributed by atoms with Crippen molar-refractivity contribution in [3.63, 3.8) is 0 Å².